The van der Waals surface area contributed by atoms with Gasteiger partial charge >= 0.3 is 5.97 Å². The number of aryl methyl sites for hydroxylation is 2. The molecule has 1 heterocycles. The van der Waals surface area contributed by atoms with E-state index < -0.39 is 17.8 Å². The second-order valence-corrected chi connectivity index (χ2v) is 7.33. The van der Waals surface area contributed by atoms with Gasteiger partial charge in [0.1, 0.15) is 0 Å². The number of rotatable bonds is 6. The summed E-state index contributed by atoms with van der Waals surface area (Å²) in [5.74, 6) is -1.61. The zero-order chi connectivity index (χ0) is 21.0. The van der Waals surface area contributed by atoms with Gasteiger partial charge in [0.15, 0.2) is 6.61 Å². The van der Waals surface area contributed by atoms with Crippen LogP contribution >= 0.6 is 0 Å². The summed E-state index contributed by atoms with van der Waals surface area (Å²) >= 11 is 0. The van der Waals surface area contributed by atoms with Gasteiger partial charge in [-0.2, -0.15) is 0 Å². The first-order chi connectivity index (χ1) is 13.9. The summed E-state index contributed by atoms with van der Waals surface area (Å²) in [6, 6.07) is 13.3. The van der Waals surface area contributed by atoms with Crippen molar-refractivity contribution >= 4 is 29.2 Å². The third kappa shape index (κ3) is 4.83. The van der Waals surface area contributed by atoms with Gasteiger partial charge in [-0.15, -0.1) is 0 Å². The van der Waals surface area contributed by atoms with Crippen LogP contribution in [0.2, 0.25) is 0 Å². The Labute approximate surface area is 170 Å². The van der Waals surface area contributed by atoms with E-state index in [0.717, 1.165) is 23.2 Å². The number of anilines is 2. The summed E-state index contributed by atoms with van der Waals surface area (Å²) in [5.41, 5.74) is 4.75. The lowest BCUT2D eigenvalue weighted by Crippen LogP contribution is -2.28. The predicted octanol–water partition coefficient (Wildman–Crippen LogP) is 3.40. The van der Waals surface area contributed by atoms with Crippen LogP contribution in [0.4, 0.5) is 11.4 Å². The fourth-order valence-corrected chi connectivity index (χ4v) is 3.40. The van der Waals surface area contributed by atoms with Crippen LogP contribution in [-0.2, 0) is 25.5 Å². The summed E-state index contributed by atoms with van der Waals surface area (Å²) in [6.45, 7) is 5.90. The van der Waals surface area contributed by atoms with Gasteiger partial charge in [-0.25, -0.2) is 0 Å². The molecular weight excluding hydrogens is 368 g/mol. The molecule has 1 unspecified atom stereocenters. The highest BCUT2D eigenvalue weighted by Gasteiger charge is 2.37. The van der Waals surface area contributed by atoms with Crippen LogP contribution < -0.4 is 10.2 Å². The van der Waals surface area contributed by atoms with Crippen molar-refractivity contribution in [3.8, 4) is 0 Å². The molecule has 0 aromatic heterocycles. The summed E-state index contributed by atoms with van der Waals surface area (Å²) < 4.78 is 5.16. The molecule has 1 saturated heterocycles. The van der Waals surface area contributed by atoms with Gasteiger partial charge in [0.25, 0.3) is 5.91 Å². The SMILES string of the molecule is CCc1ccc(NC(=O)COC(=O)C2CC(=O)N(c3cccc(C)c3C)C2)cc1. The van der Waals surface area contributed by atoms with Crippen LogP contribution in [0.3, 0.4) is 0 Å². The number of nitrogens with one attached hydrogen (secondary N) is 1. The number of carbonyl (C=O) groups excluding carboxylic acids is 3. The number of benzene rings is 2. The normalized spacial score (nSPS) is 16.0. The third-order valence-electron chi connectivity index (χ3n) is 5.32. The number of nitrogens with zero attached hydrogens (tertiary/aromatic N) is 1. The van der Waals surface area contributed by atoms with Crippen molar-refractivity contribution in [2.45, 2.75) is 33.6 Å². The standard InChI is InChI=1S/C23H26N2O4/c1-4-17-8-10-19(11-9-17)24-21(26)14-29-23(28)18-12-22(27)25(13-18)20-7-5-6-15(2)16(20)3/h5-11,18H,4,12-14H2,1-3H3,(H,24,26). The average molecular weight is 394 g/mol. The molecule has 3 rings (SSSR count). The highest BCUT2D eigenvalue weighted by molar-refractivity contribution is 6.00. The Morgan fingerprint density at radius 2 is 1.86 bits per heavy atom. The van der Waals surface area contributed by atoms with Crippen LogP contribution in [0.1, 0.15) is 30.0 Å². The van der Waals surface area contributed by atoms with E-state index in [1.807, 2.05) is 56.3 Å². The third-order valence-corrected chi connectivity index (χ3v) is 5.32. The van der Waals surface area contributed by atoms with Crippen molar-refractivity contribution in [1.29, 1.82) is 0 Å². The van der Waals surface area contributed by atoms with Crippen LogP contribution in [0, 0.1) is 19.8 Å². The molecule has 0 aliphatic carbocycles. The molecular formula is C23H26N2O4. The number of amides is 2. The lowest BCUT2D eigenvalue weighted by Gasteiger charge is -2.20. The van der Waals surface area contributed by atoms with Crippen molar-refractivity contribution in [1.82, 2.24) is 0 Å². The summed E-state index contributed by atoms with van der Waals surface area (Å²) in [6.07, 6.45) is 1.01. The van der Waals surface area contributed by atoms with Gasteiger partial charge in [-0.3, -0.25) is 14.4 Å². The van der Waals surface area contributed by atoms with Gasteiger partial charge in [0.2, 0.25) is 5.91 Å². The topological polar surface area (TPSA) is 75.7 Å². The number of hydrogen-bond donors (Lipinski definition) is 1. The molecule has 1 N–H and O–H groups in total. The molecule has 1 atom stereocenters. The molecule has 29 heavy (non-hydrogen) atoms. The maximum atomic E-state index is 12.4. The lowest BCUT2D eigenvalue weighted by molar-refractivity contribution is -0.151. The van der Waals surface area contributed by atoms with Crippen LogP contribution in [0.25, 0.3) is 0 Å². The Hall–Kier alpha value is -3.15. The molecule has 6 nitrogen and oxygen atoms in total. The van der Waals surface area contributed by atoms with E-state index in [2.05, 4.69) is 12.2 Å². The molecule has 2 aromatic carbocycles. The zero-order valence-electron chi connectivity index (χ0n) is 17.0. The molecule has 152 valence electrons. The lowest BCUT2D eigenvalue weighted by atomic mass is 10.1. The van der Waals surface area contributed by atoms with E-state index in [4.69, 9.17) is 4.74 Å². The minimum Gasteiger partial charge on any atom is -0.455 e. The minimum absolute atomic E-state index is 0.0896. The molecule has 1 fully saturated rings. The Balaban J connectivity index is 1.53. The highest BCUT2D eigenvalue weighted by atomic mass is 16.5. The quantitative estimate of drug-likeness (QED) is 0.762. The van der Waals surface area contributed by atoms with Gasteiger partial charge in [0, 0.05) is 24.3 Å². The molecule has 0 spiro atoms. The van der Waals surface area contributed by atoms with E-state index in [1.54, 1.807) is 4.90 Å². The number of esters is 1. The van der Waals surface area contributed by atoms with Crippen molar-refractivity contribution < 1.29 is 19.1 Å². The average Bonchev–Trinajstić information content (AvgIpc) is 3.10. The summed E-state index contributed by atoms with van der Waals surface area (Å²) in [4.78, 5) is 38.5. The highest BCUT2D eigenvalue weighted by Crippen LogP contribution is 2.29. The fraction of sp³-hybridized carbons (Fsp3) is 0.348. The molecule has 1 aliphatic heterocycles. The van der Waals surface area contributed by atoms with E-state index in [-0.39, 0.29) is 25.5 Å². The van der Waals surface area contributed by atoms with Crippen molar-refractivity contribution in [3.63, 3.8) is 0 Å². The molecule has 6 heteroatoms. The largest absolute Gasteiger partial charge is 0.455 e. The second-order valence-electron chi connectivity index (χ2n) is 7.33. The maximum absolute atomic E-state index is 12.4. The van der Waals surface area contributed by atoms with E-state index >= 15 is 0 Å². The number of ether oxygens (including phenoxy) is 1. The van der Waals surface area contributed by atoms with Gasteiger partial charge < -0.3 is 15.0 Å². The Kier molecular flexibility index (Phi) is 6.32. The molecule has 0 radical (unpaired) electrons. The van der Waals surface area contributed by atoms with Crippen LogP contribution in [0.5, 0.6) is 0 Å². The van der Waals surface area contributed by atoms with Gasteiger partial charge in [-0.1, -0.05) is 31.2 Å². The minimum atomic E-state index is -0.570. The Morgan fingerprint density at radius 3 is 2.55 bits per heavy atom. The summed E-state index contributed by atoms with van der Waals surface area (Å²) in [5, 5.41) is 2.70. The Morgan fingerprint density at radius 1 is 1.14 bits per heavy atom. The first-order valence-corrected chi connectivity index (χ1v) is 9.81. The van der Waals surface area contributed by atoms with Crippen LogP contribution in [-0.4, -0.2) is 30.9 Å². The van der Waals surface area contributed by atoms with Gasteiger partial charge in [0.05, 0.1) is 5.92 Å². The second kappa shape index (κ2) is 8.90. The first kappa shape index (κ1) is 20.6. The fourth-order valence-electron chi connectivity index (χ4n) is 3.40. The van der Waals surface area contributed by atoms with Crippen molar-refractivity contribution in [3.05, 3.63) is 59.2 Å². The summed E-state index contributed by atoms with van der Waals surface area (Å²) in [7, 11) is 0. The monoisotopic (exact) mass is 394 g/mol. The van der Waals surface area contributed by atoms with Crippen LogP contribution in [0.15, 0.2) is 42.5 Å². The van der Waals surface area contributed by atoms with Crippen molar-refractivity contribution in [2.24, 2.45) is 5.92 Å². The van der Waals surface area contributed by atoms with E-state index in [1.165, 1.54) is 5.56 Å². The molecule has 2 aromatic rings. The first-order valence-electron chi connectivity index (χ1n) is 9.81. The molecule has 0 saturated carbocycles. The Bertz CT molecular complexity index is 921. The van der Waals surface area contributed by atoms with Gasteiger partial charge in [-0.05, 0) is 55.2 Å². The molecule has 2 amide bonds. The van der Waals surface area contributed by atoms with Crippen molar-refractivity contribution in [2.75, 3.05) is 23.4 Å². The maximum Gasteiger partial charge on any atom is 0.311 e. The molecule has 1 aliphatic rings. The smallest absolute Gasteiger partial charge is 0.311 e. The van der Waals surface area contributed by atoms with E-state index in [0.29, 0.717) is 5.69 Å². The predicted molar refractivity (Wildman–Crippen MR) is 112 cm³/mol. The van der Waals surface area contributed by atoms with E-state index in [9.17, 15) is 14.4 Å². The zero-order valence-corrected chi connectivity index (χ0v) is 17.0. The number of carbonyl (C=O) groups is 3. The molecule has 0 bridgehead atoms. The number of hydrogen-bond acceptors (Lipinski definition) is 4.